The standard InChI is InChI=1S/C17H19IN3O2S2.Y/c1-2-15(22)12-3-5-13(6-4-12)21-16(23)14(18)11-20(21)8-10-25-17-19-7-9-24-17;/h3-7,14-15,22H,2,8,10-11H2,1H3;/q-1;. The molecule has 1 fully saturated rings. The molecule has 1 aliphatic heterocycles. The Bertz CT molecular complexity index is 703. The van der Waals surface area contributed by atoms with Gasteiger partial charge in [-0.25, -0.2) is 10.0 Å². The maximum Gasteiger partial charge on any atom is 0.255 e. The molecule has 1 saturated heterocycles. The molecule has 2 unspecified atom stereocenters. The third-order valence-corrected chi connectivity index (χ3v) is 6.76. The summed E-state index contributed by atoms with van der Waals surface area (Å²) in [6, 6.07) is 7.62. The fraction of sp³-hybridized carbons (Fsp3) is 0.412. The van der Waals surface area contributed by atoms with Crippen LogP contribution in [0.3, 0.4) is 0 Å². The second kappa shape index (κ2) is 10.8. The van der Waals surface area contributed by atoms with E-state index in [0.29, 0.717) is 13.0 Å². The summed E-state index contributed by atoms with van der Waals surface area (Å²) in [6.45, 7) is 3.43. The van der Waals surface area contributed by atoms with Gasteiger partial charge in [-0.05, 0) is 34.2 Å². The number of nitrogens with zero attached hydrogens (tertiary/aromatic N) is 3. The van der Waals surface area contributed by atoms with Gasteiger partial charge in [-0.15, -0.1) is 0 Å². The first-order valence-corrected chi connectivity index (χ1v) is 11.1. The van der Waals surface area contributed by atoms with Crippen molar-refractivity contribution in [2.75, 3.05) is 23.9 Å². The molecular weight excluding hydrogens is 558 g/mol. The van der Waals surface area contributed by atoms with Gasteiger partial charge in [0.1, 0.15) is 3.92 Å². The molecule has 1 aliphatic rings. The number of thiazole rings is 1. The maximum absolute atomic E-state index is 12.6. The van der Waals surface area contributed by atoms with Crippen molar-refractivity contribution in [1.29, 1.82) is 0 Å². The topological polar surface area (TPSA) is 56.7 Å². The summed E-state index contributed by atoms with van der Waals surface area (Å²) in [5, 5.41) is 16.8. The van der Waals surface area contributed by atoms with E-state index < -0.39 is 6.10 Å². The Labute approximate surface area is 200 Å². The number of anilines is 1. The minimum absolute atomic E-state index is 0. The predicted molar refractivity (Wildman–Crippen MR) is 110 cm³/mol. The van der Waals surface area contributed by atoms with Gasteiger partial charge in [0.25, 0.3) is 5.91 Å². The Morgan fingerprint density at radius 3 is 2.81 bits per heavy atom. The molecule has 5 nitrogen and oxygen atoms in total. The number of hydrogen-bond donors (Lipinski definition) is 1. The molecule has 1 radical (unpaired) electrons. The van der Waals surface area contributed by atoms with Crippen molar-refractivity contribution in [3.8, 4) is 0 Å². The summed E-state index contributed by atoms with van der Waals surface area (Å²) in [5.41, 5.74) is 1.73. The van der Waals surface area contributed by atoms with Gasteiger partial charge in [0.2, 0.25) is 0 Å². The first-order valence-electron chi connectivity index (χ1n) is 8.05. The number of halogens is 1. The van der Waals surface area contributed by atoms with Gasteiger partial charge in [0.05, 0.1) is 11.8 Å². The molecule has 2 aromatic rings. The molecule has 2 heterocycles. The number of hydrazine groups is 1. The van der Waals surface area contributed by atoms with Gasteiger partial charge in [-0.1, -0.05) is 47.8 Å². The minimum atomic E-state index is -0.455. The number of rotatable bonds is 7. The van der Waals surface area contributed by atoms with Gasteiger partial charge < -0.3 is 21.4 Å². The minimum Gasteiger partial charge on any atom is -0.388 e. The fourth-order valence-electron chi connectivity index (χ4n) is 2.66. The van der Waals surface area contributed by atoms with Crippen LogP contribution in [0.2, 0.25) is 0 Å². The average Bonchev–Trinajstić information content (AvgIpc) is 3.23. The zero-order valence-corrected chi connectivity index (χ0v) is 21.0. The number of hydrogen-bond acceptors (Lipinski definition) is 6. The third-order valence-electron chi connectivity index (χ3n) is 3.98. The van der Waals surface area contributed by atoms with Gasteiger partial charge >= 0.3 is 0 Å². The number of aliphatic hydroxyl groups excluding tert-OH is 1. The van der Waals surface area contributed by atoms with Gasteiger partial charge in [-0.3, -0.25) is 4.79 Å². The largest absolute Gasteiger partial charge is 0.388 e. The van der Waals surface area contributed by atoms with E-state index in [1.54, 1.807) is 23.0 Å². The van der Waals surface area contributed by atoms with Gasteiger partial charge in [0, 0.05) is 45.8 Å². The van der Waals surface area contributed by atoms with Crippen LogP contribution in [0.5, 0.6) is 0 Å². The van der Waals surface area contributed by atoms with E-state index in [2.05, 4.69) is 38.0 Å². The van der Waals surface area contributed by atoms with E-state index in [4.69, 9.17) is 0 Å². The molecule has 0 saturated carbocycles. The quantitative estimate of drug-likeness (QED) is 0.236. The Hall–Kier alpha value is 0.424. The first-order chi connectivity index (χ1) is 12.1. The number of benzene rings is 1. The Morgan fingerprint density at radius 1 is 1.46 bits per heavy atom. The van der Waals surface area contributed by atoms with Crippen LogP contribution in [0.25, 0.3) is 0 Å². The molecule has 1 aromatic carbocycles. The van der Waals surface area contributed by atoms with Crippen molar-refractivity contribution in [2.24, 2.45) is 0 Å². The van der Waals surface area contributed by atoms with E-state index in [0.717, 1.165) is 27.9 Å². The van der Waals surface area contributed by atoms with Crippen LogP contribution in [0.4, 0.5) is 5.69 Å². The van der Waals surface area contributed by atoms with Crippen LogP contribution >= 0.6 is 45.7 Å². The molecule has 137 valence electrons. The van der Waals surface area contributed by atoms with Crippen molar-refractivity contribution >= 4 is 57.3 Å². The van der Waals surface area contributed by atoms with Crippen LogP contribution in [0, 0.1) is 5.38 Å². The summed E-state index contributed by atoms with van der Waals surface area (Å²) in [4.78, 5) is 16.8. The van der Waals surface area contributed by atoms with Crippen LogP contribution < -0.4 is 5.01 Å². The van der Waals surface area contributed by atoms with Crippen LogP contribution in [0.15, 0.2) is 34.8 Å². The summed E-state index contributed by atoms with van der Waals surface area (Å²) in [7, 11) is 0. The number of alkyl halides is 1. The number of aliphatic hydroxyl groups is 1. The Morgan fingerprint density at radius 2 is 2.19 bits per heavy atom. The monoisotopic (exact) mass is 577 g/mol. The maximum atomic E-state index is 12.6. The molecule has 0 bridgehead atoms. The second-order valence-corrected chi connectivity index (χ2v) is 9.31. The van der Waals surface area contributed by atoms with E-state index in [1.165, 1.54) is 11.3 Å². The van der Waals surface area contributed by atoms with E-state index >= 15 is 0 Å². The molecule has 3 rings (SSSR count). The van der Waals surface area contributed by atoms with Gasteiger partial charge in [0.15, 0.2) is 0 Å². The van der Waals surface area contributed by atoms with E-state index in [9.17, 15) is 9.90 Å². The summed E-state index contributed by atoms with van der Waals surface area (Å²) in [6.07, 6.45) is 1.91. The normalized spacial score (nSPS) is 18.8. The smallest absolute Gasteiger partial charge is 0.255 e. The van der Waals surface area contributed by atoms with Crippen molar-refractivity contribution in [2.45, 2.75) is 27.7 Å². The third kappa shape index (κ3) is 5.49. The first kappa shape index (κ1) is 22.7. The Balaban J connectivity index is 0.00000243. The number of amides is 1. The zero-order valence-electron chi connectivity index (χ0n) is 14.3. The predicted octanol–water partition coefficient (Wildman–Crippen LogP) is 3.54. The van der Waals surface area contributed by atoms with E-state index in [-0.39, 0.29) is 42.5 Å². The second-order valence-electron chi connectivity index (χ2n) is 5.64. The number of aromatic nitrogens is 1. The van der Waals surface area contributed by atoms with Crippen LogP contribution in [-0.2, 0) is 37.5 Å². The summed E-state index contributed by atoms with van der Waals surface area (Å²) >= 11 is 5.40. The number of carbonyl (C=O) groups excluding carboxylic acids is 1. The van der Waals surface area contributed by atoms with Crippen molar-refractivity contribution in [3.05, 3.63) is 41.4 Å². The average molecular weight is 577 g/mol. The summed E-state index contributed by atoms with van der Waals surface area (Å²) < 4.78 is 0.956. The molecular formula is C17H19IN3O2S2Y-. The molecule has 9 heteroatoms. The van der Waals surface area contributed by atoms with Crippen molar-refractivity contribution in [1.82, 2.24) is 9.99 Å². The molecule has 0 aliphatic carbocycles. The van der Waals surface area contributed by atoms with Gasteiger partial charge in [-0.2, -0.15) is 17.1 Å². The fourth-order valence-corrected chi connectivity index (χ4v) is 4.92. The van der Waals surface area contributed by atoms with E-state index in [1.807, 2.05) is 31.2 Å². The zero-order chi connectivity index (χ0) is 17.8. The summed E-state index contributed by atoms with van der Waals surface area (Å²) in [5.74, 6) is 0.971. The Kier molecular flexibility index (Phi) is 9.46. The molecule has 1 N–H and O–H groups in total. The molecule has 26 heavy (non-hydrogen) atoms. The molecule has 1 aromatic heterocycles. The van der Waals surface area contributed by atoms with Crippen molar-refractivity contribution < 1.29 is 42.6 Å². The molecule has 2 atom stereocenters. The number of thioether (sulfide) groups is 1. The van der Waals surface area contributed by atoms with Crippen LogP contribution in [-0.4, -0.2) is 43.8 Å². The number of carbonyl (C=O) groups is 1. The van der Waals surface area contributed by atoms with Crippen LogP contribution in [0.1, 0.15) is 25.0 Å². The molecule has 1 amide bonds. The molecule has 0 spiro atoms. The van der Waals surface area contributed by atoms with Crippen molar-refractivity contribution in [3.63, 3.8) is 0 Å². The SMILES string of the molecule is CCC(O)c1ccc(N2C(=O)C(I)CN2CCSc2nc[c-]s2)cc1.[Y].